The van der Waals surface area contributed by atoms with Crippen LogP contribution in [0.15, 0.2) is 28.0 Å². The Balaban J connectivity index is 2.77. The Morgan fingerprint density at radius 1 is 1.72 bits per heavy atom. The standard InChI is InChI=1S/C11H15BrN4O2/c1-7(10(13)15-18)6-16(2)11(17)9-8(12)4-3-5-14-9/h3-5,7,18H,6H2,1-2H3,(H2,13,15). The van der Waals surface area contributed by atoms with Crippen LogP contribution in [-0.4, -0.2) is 40.4 Å². The van der Waals surface area contributed by atoms with Crippen molar-refractivity contribution in [1.82, 2.24) is 9.88 Å². The Bertz CT molecular complexity index is 464. The second kappa shape index (κ2) is 6.34. The van der Waals surface area contributed by atoms with Gasteiger partial charge in [0.25, 0.3) is 5.91 Å². The van der Waals surface area contributed by atoms with E-state index in [9.17, 15) is 4.79 Å². The third-order valence-electron chi connectivity index (χ3n) is 2.48. The van der Waals surface area contributed by atoms with E-state index in [-0.39, 0.29) is 17.7 Å². The predicted octanol–water partition coefficient (Wildman–Crippen LogP) is 1.30. The van der Waals surface area contributed by atoms with Crippen molar-refractivity contribution >= 4 is 27.7 Å². The largest absolute Gasteiger partial charge is 0.409 e. The van der Waals surface area contributed by atoms with Gasteiger partial charge in [-0.15, -0.1) is 0 Å². The van der Waals surface area contributed by atoms with Gasteiger partial charge in [-0.2, -0.15) is 0 Å². The molecule has 0 aliphatic rings. The molecule has 3 N–H and O–H groups in total. The second-order valence-electron chi connectivity index (χ2n) is 3.95. The van der Waals surface area contributed by atoms with Gasteiger partial charge < -0.3 is 15.8 Å². The number of hydrogen-bond donors (Lipinski definition) is 2. The van der Waals surface area contributed by atoms with E-state index in [0.29, 0.717) is 16.7 Å². The summed E-state index contributed by atoms with van der Waals surface area (Å²) in [6.07, 6.45) is 1.55. The summed E-state index contributed by atoms with van der Waals surface area (Å²) in [5.74, 6) is -0.360. The minimum atomic E-state index is -0.230. The highest BCUT2D eigenvalue weighted by atomic mass is 79.9. The zero-order valence-electron chi connectivity index (χ0n) is 10.2. The van der Waals surface area contributed by atoms with Crippen LogP contribution < -0.4 is 5.73 Å². The Morgan fingerprint density at radius 2 is 2.39 bits per heavy atom. The summed E-state index contributed by atoms with van der Waals surface area (Å²) in [5, 5.41) is 11.5. The Hall–Kier alpha value is -1.63. The molecule has 1 aromatic rings. The first-order valence-electron chi connectivity index (χ1n) is 5.30. The Kier molecular flexibility index (Phi) is 5.08. The molecule has 1 rings (SSSR count). The van der Waals surface area contributed by atoms with Crippen molar-refractivity contribution in [3.05, 3.63) is 28.5 Å². The number of oxime groups is 1. The molecular weight excluding hydrogens is 300 g/mol. The topological polar surface area (TPSA) is 91.8 Å². The molecule has 0 bridgehead atoms. The SMILES string of the molecule is CC(CN(C)C(=O)c1ncccc1Br)/C(N)=N/O. The predicted molar refractivity (Wildman–Crippen MR) is 71.5 cm³/mol. The lowest BCUT2D eigenvalue weighted by molar-refractivity contribution is 0.0779. The Labute approximate surface area is 114 Å². The van der Waals surface area contributed by atoms with Gasteiger partial charge in [0.2, 0.25) is 0 Å². The number of amides is 1. The number of hydrogen-bond acceptors (Lipinski definition) is 4. The van der Waals surface area contributed by atoms with Crippen LogP contribution in [-0.2, 0) is 0 Å². The van der Waals surface area contributed by atoms with E-state index in [1.54, 1.807) is 32.3 Å². The minimum absolute atomic E-state index is 0.0923. The van der Waals surface area contributed by atoms with Gasteiger partial charge in [0.05, 0.1) is 0 Å². The first-order valence-corrected chi connectivity index (χ1v) is 6.10. The van der Waals surface area contributed by atoms with Gasteiger partial charge in [-0.05, 0) is 28.1 Å². The van der Waals surface area contributed by atoms with Crippen molar-refractivity contribution < 1.29 is 10.0 Å². The molecule has 6 nitrogen and oxygen atoms in total. The second-order valence-corrected chi connectivity index (χ2v) is 4.80. The van der Waals surface area contributed by atoms with Gasteiger partial charge in [-0.3, -0.25) is 4.79 Å². The van der Waals surface area contributed by atoms with E-state index in [1.165, 1.54) is 4.90 Å². The van der Waals surface area contributed by atoms with Gasteiger partial charge >= 0.3 is 0 Å². The average molecular weight is 315 g/mol. The van der Waals surface area contributed by atoms with Crippen molar-refractivity contribution in [2.24, 2.45) is 16.8 Å². The maximum atomic E-state index is 12.1. The van der Waals surface area contributed by atoms with Gasteiger partial charge in [0, 0.05) is 30.2 Å². The highest BCUT2D eigenvalue weighted by Crippen LogP contribution is 2.15. The Morgan fingerprint density at radius 3 is 2.94 bits per heavy atom. The fourth-order valence-electron chi connectivity index (χ4n) is 1.41. The lowest BCUT2D eigenvalue weighted by atomic mass is 10.1. The molecular formula is C11H15BrN4O2. The summed E-state index contributed by atoms with van der Waals surface area (Å²) in [5.41, 5.74) is 5.81. The highest BCUT2D eigenvalue weighted by molar-refractivity contribution is 9.10. The molecule has 0 aliphatic heterocycles. The molecule has 1 amide bonds. The van der Waals surface area contributed by atoms with Gasteiger partial charge in [0.15, 0.2) is 0 Å². The van der Waals surface area contributed by atoms with Crippen LogP contribution in [0.3, 0.4) is 0 Å². The molecule has 0 radical (unpaired) electrons. The molecule has 0 aliphatic carbocycles. The van der Waals surface area contributed by atoms with E-state index in [4.69, 9.17) is 10.9 Å². The van der Waals surface area contributed by atoms with Crippen molar-refractivity contribution in [2.45, 2.75) is 6.92 Å². The van der Waals surface area contributed by atoms with Crippen LogP contribution in [0.2, 0.25) is 0 Å². The molecule has 18 heavy (non-hydrogen) atoms. The molecule has 1 atom stereocenters. The maximum absolute atomic E-state index is 12.1. The fourth-order valence-corrected chi connectivity index (χ4v) is 1.83. The van der Waals surface area contributed by atoms with Crippen LogP contribution in [0.1, 0.15) is 17.4 Å². The van der Waals surface area contributed by atoms with E-state index in [0.717, 1.165) is 0 Å². The van der Waals surface area contributed by atoms with Crippen LogP contribution >= 0.6 is 15.9 Å². The zero-order chi connectivity index (χ0) is 13.7. The fraction of sp³-hybridized carbons (Fsp3) is 0.364. The van der Waals surface area contributed by atoms with Gasteiger partial charge in [0.1, 0.15) is 11.5 Å². The van der Waals surface area contributed by atoms with Crippen molar-refractivity contribution in [3.63, 3.8) is 0 Å². The van der Waals surface area contributed by atoms with E-state index < -0.39 is 0 Å². The quantitative estimate of drug-likeness (QED) is 0.379. The summed E-state index contributed by atoms with van der Waals surface area (Å²) in [7, 11) is 1.64. The van der Waals surface area contributed by atoms with Crippen molar-refractivity contribution in [1.29, 1.82) is 0 Å². The van der Waals surface area contributed by atoms with Crippen molar-refractivity contribution in [3.8, 4) is 0 Å². The first-order chi connectivity index (χ1) is 8.47. The number of amidine groups is 1. The molecule has 0 fully saturated rings. The summed E-state index contributed by atoms with van der Waals surface area (Å²) >= 11 is 3.28. The van der Waals surface area contributed by atoms with Crippen molar-refractivity contribution in [2.75, 3.05) is 13.6 Å². The summed E-state index contributed by atoms with van der Waals surface area (Å²) < 4.78 is 0.637. The smallest absolute Gasteiger partial charge is 0.273 e. The summed E-state index contributed by atoms with van der Waals surface area (Å²) in [4.78, 5) is 17.6. The van der Waals surface area contributed by atoms with E-state index in [2.05, 4.69) is 26.1 Å². The van der Waals surface area contributed by atoms with Crippen LogP contribution in [0.4, 0.5) is 0 Å². The number of carbonyl (C=O) groups is 1. The third-order valence-corrected chi connectivity index (χ3v) is 3.12. The molecule has 7 heteroatoms. The molecule has 1 heterocycles. The van der Waals surface area contributed by atoms with E-state index >= 15 is 0 Å². The summed E-state index contributed by atoms with van der Waals surface area (Å²) in [6, 6.07) is 3.49. The lowest BCUT2D eigenvalue weighted by Crippen LogP contribution is -2.36. The van der Waals surface area contributed by atoms with E-state index in [1.807, 2.05) is 0 Å². The van der Waals surface area contributed by atoms with Crippen LogP contribution in [0, 0.1) is 5.92 Å². The molecule has 0 saturated carbocycles. The minimum Gasteiger partial charge on any atom is -0.409 e. The monoisotopic (exact) mass is 314 g/mol. The molecule has 0 spiro atoms. The lowest BCUT2D eigenvalue weighted by Gasteiger charge is -2.20. The van der Waals surface area contributed by atoms with Crippen LogP contribution in [0.25, 0.3) is 0 Å². The number of nitrogens with two attached hydrogens (primary N) is 1. The number of nitrogens with zero attached hydrogens (tertiary/aromatic N) is 3. The normalized spacial score (nSPS) is 13.2. The number of pyridine rings is 1. The molecule has 0 aromatic carbocycles. The average Bonchev–Trinajstić information content (AvgIpc) is 2.37. The highest BCUT2D eigenvalue weighted by Gasteiger charge is 2.19. The first kappa shape index (κ1) is 14.4. The zero-order valence-corrected chi connectivity index (χ0v) is 11.8. The molecule has 98 valence electrons. The van der Waals surface area contributed by atoms with Gasteiger partial charge in [-0.25, -0.2) is 4.98 Å². The maximum Gasteiger partial charge on any atom is 0.273 e. The number of aromatic nitrogens is 1. The number of rotatable bonds is 4. The third kappa shape index (κ3) is 3.43. The summed E-state index contributed by atoms with van der Waals surface area (Å²) in [6.45, 7) is 2.12. The van der Waals surface area contributed by atoms with Gasteiger partial charge in [-0.1, -0.05) is 12.1 Å². The van der Waals surface area contributed by atoms with Crippen LogP contribution in [0.5, 0.6) is 0 Å². The molecule has 1 unspecified atom stereocenters. The number of halogens is 1. The molecule has 1 aromatic heterocycles. The number of carbonyl (C=O) groups excluding carboxylic acids is 1. The molecule has 0 saturated heterocycles.